The van der Waals surface area contributed by atoms with Crippen molar-refractivity contribution in [2.45, 2.75) is 33.7 Å². The molecule has 3 aromatic carbocycles. The zero-order valence-electron chi connectivity index (χ0n) is 20.1. The SMILES string of the molecule is CCN(C(=O)c1ccc2c(c1)C(=O)N(c1cc(C)ccc1C)C2=O)C(C)c1cccc(OC)c1. The van der Waals surface area contributed by atoms with Crippen molar-refractivity contribution in [1.29, 1.82) is 0 Å². The maximum absolute atomic E-state index is 13.5. The highest BCUT2D eigenvalue weighted by Gasteiger charge is 2.38. The van der Waals surface area contributed by atoms with Crippen molar-refractivity contribution in [3.05, 3.63) is 94.0 Å². The molecule has 34 heavy (non-hydrogen) atoms. The summed E-state index contributed by atoms with van der Waals surface area (Å²) in [4.78, 5) is 42.8. The Morgan fingerprint density at radius 2 is 1.71 bits per heavy atom. The van der Waals surface area contributed by atoms with Gasteiger partial charge in [-0.15, -0.1) is 0 Å². The van der Waals surface area contributed by atoms with Gasteiger partial charge in [-0.05, 0) is 80.8 Å². The van der Waals surface area contributed by atoms with Gasteiger partial charge in [-0.2, -0.15) is 0 Å². The largest absolute Gasteiger partial charge is 0.497 e. The van der Waals surface area contributed by atoms with Crippen LogP contribution in [0.25, 0.3) is 0 Å². The van der Waals surface area contributed by atoms with Gasteiger partial charge in [0.15, 0.2) is 0 Å². The van der Waals surface area contributed by atoms with Crippen LogP contribution in [0.2, 0.25) is 0 Å². The second-order valence-corrected chi connectivity index (χ2v) is 8.54. The van der Waals surface area contributed by atoms with Crippen molar-refractivity contribution in [2.24, 2.45) is 0 Å². The zero-order chi connectivity index (χ0) is 24.6. The lowest BCUT2D eigenvalue weighted by Gasteiger charge is -2.29. The summed E-state index contributed by atoms with van der Waals surface area (Å²) in [5.41, 5.74) is 4.25. The van der Waals surface area contributed by atoms with E-state index in [2.05, 4.69) is 0 Å². The smallest absolute Gasteiger partial charge is 0.266 e. The number of carbonyl (C=O) groups is 3. The predicted molar refractivity (Wildman–Crippen MR) is 132 cm³/mol. The second-order valence-electron chi connectivity index (χ2n) is 8.54. The molecule has 0 N–H and O–H groups in total. The van der Waals surface area contributed by atoms with Crippen LogP contribution in [0.5, 0.6) is 5.75 Å². The monoisotopic (exact) mass is 456 g/mol. The zero-order valence-corrected chi connectivity index (χ0v) is 20.1. The third-order valence-electron chi connectivity index (χ3n) is 6.38. The number of fused-ring (bicyclic) bond motifs is 1. The van der Waals surface area contributed by atoms with Crippen molar-refractivity contribution >= 4 is 23.4 Å². The molecule has 0 aliphatic carbocycles. The summed E-state index contributed by atoms with van der Waals surface area (Å²) in [5, 5.41) is 0. The van der Waals surface area contributed by atoms with Crippen LogP contribution in [0.1, 0.15) is 67.7 Å². The lowest BCUT2D eigenvalue weighted by Crippen LogP contribution is -2.33. The maximum atomic E-state index is 13.5. The summed E-state index contributed by atoms with van der Waals surface area (Å²) >= 11 is 0. The van der Waals surface area contributed by atoms with Crippen LogP contribution in [0.4, 0.5) is 5.69 Å². The van der Waals surface area contributed by atoms with Gasteiger partial charge in [0.05, 0.1) is 30.0 Å². The highest BCUT2D eigenvalue weighted by atomic mass is 16.5. The fourth-order valence-electron chi connectivity index (χ4n) is 4.39. The van der Waals surface area contributed by atoms with Gasteiger partial charge < -0.3 is 9.64 Å². The Bertz CT molecular complexity index is 1300. The Balaban J connectivity index is 1.66. The minimum Gasteiger partial charge on any atom is -0.497 e. The predicted octanol–water partition coefficient (Wildman–Crippen LogP) is 5.34. The number of nitrogens with zero attached hydrogens (tertiary/aromatic N) is 2. The molecule has 0 saturated carbocycles. The van der Waals surface area contributed by atoms with E-state index in [9.17, 15) is 14.4 Å². The maximum Gasteiger partial charge on any atom is 0.266 e. The molecule has 174 valence electrons. The molecule has 1 aliphatic heterocycles. The van der Waals surface area contributed by atoms with Crippen LogP contribution in [0, 0.1) is 13.8 Å². The molecule has 6 nitrogen and oxygen atoms in total. The average Bonchev–Trinajstić information content (AvgIpc) is 3.10. The summed E-state index contributed by atoms with van der Waals surface area (Å²) in [5.74, 6) is -0.260. The van der Waals surface area contributed by atoms with Crippen LogP contribution in [-0.4, -0.2) is 36.3 Å². The summed E-state index contributed by atoms with van der Waals surface area (Å²) < 4.78 is 5.32. The number of aryl methyl sites for hydroxylation is 2. The first-order chi connectivity index (χ1) is 16.3. The number of amides is 3. The first-order valence-corrected chi connectivity index (χ1v) is 11.3. The van der Waals surface area contributed by atoms with Crippen molar-refractivity contribution in [2.75, 3.05) is 18.6 Å². The van der Waals surface area contributed by atoms with E-state index in [0.29, 0.717) is 23.4 Å². The van der Waals surface area contributed by atoms with Gasteiger partial charge >= 0.3 is 0 Å². The summed E-state index contributed by atoms with van der Waals surface area (Å²) in [7, 11) is 1.61. The van der Waals surface area contributed by atoms with E-state index in [0.717, 1.165) is 22.4 Å². The number of rotatable bonds is 6. The van der Waals surface area contributed by atoms with Crippen LogP contribution >= 0.6 is 0 Å². The van der Waals surface area contributed by atoms with E-state index >= 15 is 0 Å². The Labute approximate surface area is 199 Å². The number of carbonyl (C=O) groups excluding carboxylic acids is 3. The van der Waals surface area contributed by atoms with Crippen LogP contribution < -0.4 is 9.64 Å². The van der Waals surface area contributed by atoms with E-state index in [-0.39, 0.29) is 23.4 Å². The van der Waals surface area contributed by atoms with Gasteiger partial charge in [0.1, 0.15) is 5.75 Å². The average molecular weight is 457 g/mol. The number of benzene rings is 3. The molecule has 1 atom stereocenters. The third-order valence-corrected chi connectivity index (χ3v) is 6.38. The Kier molecular flexibility index (Phi) is 6.24. The first kappa shape index (κ1) is 23.2. The molecule has 6 heteroatoms. The molecule has 0 fully saturated rings. The summed E-state index contributed by atoms with van der Waals surface area (Å²) in [6.07, 6.45) is 0. The van der Waals surface area contributed by atoms with E-state index in [1.165, 1.54) is 4.90 Å². The van der Waals surface area contributed by atoms with Crippen molar-refractivity contribution in [1.82, 2.24) is 4.90 Å². The normalized spacial score (nSPS) is 13.6. The third kappa shape index (κ3) is 3.96. The molecule has 0 spiro atoms. The van der Waals surface area contributed by atoms with E-state index < -0.39 is 5.91 Å². The van der Waals surface area contributed by atoms with Crippen LogP contribution in [-0.2, 0) is 0 Å². The number of hydrogen-bond donors (Lipinski definition) is 0. The molecule has 1 heterocycles. The van der Waals surface area contributed by atoms with E-state index in [1.54, 1.807) is 30.2 Å². The van der Waals surface area contributed by atoms with Gasteiger partial charge in [-0.3, -0.25) is 14.4 Å². The van der Waals surface area contributed by atoms with Crippen molar-refractivity contribution in [3.63, 3.8) is 0 Å². The van der Waals surface area contributed by atoms with Crippen molar-refractivity contribution in [3.8, 4) is 5.75 Å². The second kappa shape index (κ2) is 9.14. The molecule has 1 aliphatic rings. The molecule has 1 unspecified atom stereocenters. The highest BCUT2D eigenvalue weighted by molar-refractivity contribution is 6.35. The van der Waals surface area contributed by atoms with Gasteiger partial charge in [0.25, 0.3) is 17.7 Å². The molecule has 0 bridgehead atoms. The number of anilines is 1. The number of imide groups is 1. The fraction of sp³-hybridized carbons (Fsp3) is 0.250. The summed E-state index contributed by atoms with van der Waals surface area (Å²) in [6.45, 7) is 8.14. The molecule has 3 amide bonds. The minimum absolute atomic E-state index is 0.203. The quantitative estimate of drug-likeness (QED) is 0.470. The summed E-state index contributed by atoms with van der Waals surface area (Å²) in [6, 6.07) is 17.8. The van der Waals surface area contributed by atoms with Gasteiger partial charge in [-0.25, -0.2) is 4.90 Å². The number of ether oxygens (including phenoxy) is 1. The van der Waals surface area contributed by atoms with E-state index in [4.69, 9.17) is 4.74 Å². The molecular formula is C28H28N2O4. The van der Waals surface area contributed by atoms with Crippen molar-refractivity contribution < 1.29 is 19.1 Å². The Morgan fingerprint density at radius 3 is 2.41 bits per heavy atom. The Morgan fingerprint density at radius 1 is 0.971 bits per heavy atom. The van der Waals surface area contributed by atoms with Gasteiger partial charge in [-0.1, -0.05) is 24.3 Å². The molecule has 4 rings (SSSR count). The van der Waals surface area contributed by atoms with Gasteiger partial charge in [0.2, 0.25) is 0 Å². The first-order valence-electron chi connectivity index (χ1n) is 11.3. The lowest BCUT2D eigenvalue weighted by molar-refractivity contribution is 0.0701. The Hall–Kier alpha value is -3.93. The standard InChI is InChI=1S/C28H28N2O4/c1-6-29(19(4)20-8-7-9-22(15-20)34-5)26(31)21-12-13-23-24(16-21)28(33)30(27(23)32)25-14-17(2)10-11-18(25)3/h7-16,19H,6H2,1-5H3. The van der Waals surface area contributed by atoms with E-state index in [1.807, 2.05) is 70.2 Å². The van der Waals surface area contributed by atoms with Crippen LogP contribution in [0.15, 0.2) is 60.7 Å². The topological polar surface area (TPSA) is 66.9 Å². The fourth-order valence-corrected chi connectivity index (χ4v) is 4.39. The lowest BCUT2D eigenvalue weighted by atomic mass is 10.0. The molecular weight excluding hydrogens is 428 g/mol. The molecule has 0 saturated heterocycles. The molecule has 3 aromatic rings. The molecule has 0 aromatic heterocycles. The minimum atomic E-state index is -0.410. The molecule has 0 radical (unpaired) electrons. The number of hydrogen-bond acceptors (Lipinski definition) is 4. The number of methoxy groups -OCH3 is 1. The van der Waals surface area contributed by atoms with Gasteiger partial charge in [0, 0.05) is 12.1 Å². The van der Waals surface area contributed by atoms with Crippen LogP contribution in [0.3, 0.4) is 0 Å². The highest BCUT2D eigenvalue weighted by Crippen LogP contribution is 2.33.